The van der Waals surface area contributed by atoms with Crippen molar-refractivity contribution in [2.45, 2.75) is 0 Å². The molecule has 0 amide bonds. The Kier molecular flexibility index (Phi) is 2.71. The number of hydrogen-bond donors (Lipinski definition) is 0. The summed E-state index contributed by atoms with van der Waals surface area (Å²) in [5.41, 5.74) is 1.26. The Morgan fingerprint density at radius 3 is 2.41 bits per heavy atom. The van der Waals surface area contributed by atoms with Gasteiger partial charge in [-0.2, -0.15) is 0 Å². The summed E-state index contributed by atoms with van der Waals surface area (Å²) >= 11 is 5.55. The Bertz CT molecular complexity index is 729. The fourth-order valence-corrected chi connectivity index (χ4v) is 2.65. The van der Waals surface area contributed by atoms with E-state index in [0.717, 1.165) is 8.04 Å². The number of halogens is 2. The lowest BCUT2D eigenvalue weighted by molar-refractivity contribution is 0.660. The normalized spacial score (nSPS) is 11.2. The van der Waals surface area contributed by atoms with E-state index in [1.807, 2.05) is 24.3 Å². The molecule has 2 aromatic carbocycles. The summed E-state index contributed by atoms with van der Waals surface area (Å²) in [5, 5.41) is 1.23. The lowest BCUT2D eigenvalue weighted by Gasteiger charge is -2.02. The first-order valence-electron chi connectivity index (χ1n) is 4.97. The summed E-state index contributed by atoms with van der Waals surface area (Å²) in [5.74, 6) is 0. The highest BCUT2D eigenvalue weighted by atomic mass is 127. The van der Waals surface area contributed by atoms with Crippen LogP contribution in [0.3, 0.4) is 0 Å². The molecule has 1 aromatic heterocycles. The molecule has 17 heavy (non-hydrogen) atoms. The highest BCUT2D eigenvalue weighted by Crippen LogP contribution is 2.22. The van der Waals surface area contributed by atoms with Gasteiger partial charge in [0.1, 0.15) is 11.2 Å². The Labute approximate surface area is 119 Å². The molecule has 0 aliphatic carbocycles. The van der Waals surface area contributed by atoms with Gasteiger partial charge in [0.2, 0.25) is 5.43 Å². The molecule has 0 saturated heterocycles. The van der Waals surface area contributed by atoms with Crippen molar-refractivity contribution in [3.05, 3.63) is 54.7 Å². The molecule has 2 nitrogen and oxygen atoms in total. The van der Waals surface area contributed by atoms with Gasteiger partial charge in [0.05, 0.1) is 10.8 Å². The summed E-state index contributed by atoms with van der Waals surface area (Å²) in [7, 11) is 0. The van der Waals surface area contributed by atoms with Crippen LogP contribution in [0.5, 0.6) is 0 Å². The van der Waals surface area contributed by atoms with E-state index < -0.39 is 0 Å². The summed E-state index contributed by atoms with van der Waals surface area (Å²) in [6, 6.07) is 11.1. The van der Waals surface area contributed by atoms with Crippen molar-refractivity contribution < 1.29 is 4.42 Å². The first-order chi connectivity index (χ1) is 8.15. The van der Waals surface area contributed by atoms with Gasteiger partial charge in [-0.05, 0) is 59.0 Å². The van der Waals surface area contributed by atoms with Gasteiger partial charge in [-0.3, -0.25) is 4.79 Å². The molecule has 0 aliphatic rings. The topological polar surface area (TPSA) is 30.2 Å². The van der Waals surface area contributed by atoms with Gasteiger partial charge in [-0.25, -0.2) is 0 Å². The van der Waals surface area contributed by atoms with Crippen LogP contribution in [0.4, 0.5) is 0 Å². The third-order valence-electron chi connectivity index (χ3n) is 2.59. The zero-order valence-electron chi connectivity index (χ0n) is 8.54. The van der Waals surface area contributed by atoms with E-state index in [4.69, 9.17) is 4.42 Å². The van der Waals surface area contributed by atoms with E-state index >= 15 is 0 Å². The van der Waals surface area contributed by atoms with Crippen molar-refractivity contribution in [3.8, 4) is 0 Å². The molecule has 0 atom stereocenters. The number of hydrogen-bond acceptors (Lipinski definition) is 2. The molecule has 0 aliphatic heterocycles. The minimum absolute atomic E-state index is 0.0149. The van der Waals surface area contributed by atoms with Gasteiger partial charge >= 0.3 is 0 Å². The van der Waals surface area contributed by atoms with Crippen LogP contribution in [0, 0.1) is 3.57 Å². The quantitative estimate of drug-likeness (QED) is 0.415. The molecule has 0 spiro atoms. The van der Waals surface area contributed by atoms with Gasteiger partial charge in [-0.1, -0.05) is 15.9 Å². The molecule has 3 rings (SSSR count). The van der Waals surface area contributed by atoms with Crippen molar-refractivity contribution >= 4 is 60.5 Å². The van der Waals surface area contributed by atoms with Gasteiger partial charge < -0.3 is 4.42 Å². The third-order valence-corrected chi connectivity index (χ3v) is 3.76. The Hall–Kier alpha value is -0.880. The summed E-state index contributed by atoms with van der Waals surface area (Å²) in [6.07, 6.45) is 0. The lowest BCUT2D eigenvalue weighted by Crippen LogP contribution is -2.02. The molecular weight excluding hydrogens is 395 g/mol. The Morgan fingerprint density at radius 2 is 1.65 bits per heavy atom. The average molecular weight is 401 g/mol. The standard InChI is InChI=1S/C13H6BrIO2/c14-7-1-3-11-9(5-7)13(16)10-6-8(15)2-4-12(10)17-11/h1-6H. The Morgan fingerprint density at radius 1 is 1.00 bits per heavy atom. The number of benzene rings is 2. The molecular formula is C13H6BrIO2. The molecule has 0 saturated carbocycles. The van der Waals surface area contributed by atoms with Crippen LogP contribution < -0.4 is 5.43 Å². The van der Waals surface area contributed by atoms with Crippen LogP contribution in [-0.4, -0.2) is 0 Å². The second-order valence-corrected chi connectivity index (χ2v) is 5.87. The van der Waals surface area contributed by atoms with Crippen LogP contribution in [0.2, 0.25) is 0 Å². The molecule has 4 heteroatoms. The first kappa shape index (κ1) is 11.2. The van der Waals surface area contributed by atoms with Gasteiger partial charge in [0.25, 0.3) is 0 Å². The average Bonchev–Trinajstić information content (AvgIpc) is 2.32. The zero-order chi connectivity index (χ0) is 12.0. The molecule has 0 fully saturated rings. The van der Waals surface area contributed by atoms with Crippen molar-refractivity contribution in [2.24, 2.45) is 0 Å². The van der Waals surface area contributed by atoms with Crippen LogP contribution in [-0.2, 0) is 0 Å². The highest BCUT2D eigenvalue weighted by Gasteiger charge is 2.08. The first-order valence-corrected chi connectivity index (χ1v) is 6.84. The third kappa shape index (κ3) is 1.89. The fraction of sp³-hybridized carbons (Fsp3) is 0. The van der Waals surface area contributed by atoms with E-state index in [1.54, 1.807) is 12.1 Å². The SMILES string of the molecule is O=c1c2cc(Br)ccc2oc2ccc(I)cc12. The van der Waals surface area contributed by atoms with Crippen LogP contribution in [0.25, 0.3) is 21.9 Å². The fourth-order valence-electron chi connectivity index (χ4n) is 1.80. The van der Waals surface area contributed by atoms with Crippen molar-refractivity contribution in [2.75, 3.05) is 0 Å². The number of fused-ring (bicyclic) bond motifs is 2. The smallest absolute Gasteiger partial charge is 0.200 e. The van der Waals surface area contributed by atoms with Crippen molar-refractivity contribution in [3.63, 3.8) is 0 Å². The van der Waals surface area contributed by atoms with E-state index in [9.17, 15) is 4.79 Å². The predicted molar refractivity (Wildman–Crippen MR) is 80.4 cm³/mol. The summed E-state index contributed by atoms with van der Waals surface area (Å²) in [4.78, 5) is 12.3. The minimum atomic E-state index is 0.0149. The maximum atomic E-state index is 12.3. The molecule has 3 aromatic rings. The van der Waals surface area contributed by atoms with Gasteiger partial charge in [-0.15, -0.1) is 0 Å². The minimum Gasteiger partial charge on any atom is -0.456 e. The van der Waals surface area contributed by atoms with Crippen LogP contribution >= 0.6 is 38.5 Å². The molecule has 0 unspecified atom stereocenters. The second kappa shape index (κ2) is 4.10. The van der Waals surface area contributed by atoms with Gasteiger partial charge in [0, 0.05) is 8.04 Å². The van der Waals surface area contributed by atoms with E-state index in [1.165, 1.54) is 0 Å². The zero-order valence-corrected chi connectivity index (χ0v) is 12.3. The largest absolute Gasteiger partial charge is 0.456 e. The molecule has 84 valence electrons. The lowest BCUT2D eigenvalue weighted by atomic mass is 10.1. The van der Waals surface area contributed by atoms with Crippen LogP contribution in [0.15, 0.2) is 50.1 Å². The summed E-state index contributed by atoms with van der Waals surface area (Å²) in [6.45, 7) is 0. The molecule has 1 heterocycles. The maximum absolute atomic E-state index is 12.3. The maximum Gasteiger partial charge on any atom is 0.200 e. The molecule has 0 radical (unpaired) electrons. The predicted octanol–water partition coefficient (Wildman–Crippen LogP) is 4.31. The van der Waals surface area contributed by atoms with Crippen molar-refractivity contribution in [1.29, 1.82) is 0 Å². The second-order valence-electron chi connectivity index (χ2n) is 3.71. The molecule has 0 N–H and O–H groups in total. The van der Waals surface area contributed by atoms with Gasteiger partial charge in [0.15, 0.2) is 0 Å². The Balaban J connectivity index is 2.58. The van der Waals surface area contributed by atoms with E-state index in [0.29, 0.717) is 21.9 Å². The van der Waals surface area contributed by atoms with Crippen molar-refractivity contribution in [1.82, 2.24) is 0 Å². The summed E-state index contributed by atoms with van der Waals surface area (Å²) < 4.78 is 7.61. The van der Waals surface area contributed by atoms with Crippen LogP contribution in [0.1, 0.15) is 0 Å². The van der Waals surface area contributed by atoms with E-state index in [2.05, 4.69) is 38.5 Å². The van der Waals surface area contributed by atoms with E-state index in [-0.39, 0.29) is 5.43 Å². The molecule has 0 bridgehead atoms. The monoisotopic (exact) mass is 400 g/mol. The highest BCUT2D eigenvalue weighted by molar-refractivity contribution is 14.1. The number of rotatable bonds is 0.